The lowest BCUT2D eigenvalue weighted by Crippen LogP contribution is -2.61. The molecule has 11 atom stereocenters. The van der Waals surface area contributed by atoms with Crippen molar-refractivity contribution < 1.29 is 73.8 Å². The number of esters is 2. The van der Waals surface area contributed by atoms with Crippen LogP contribution in [0.4, 0.5) is 0 Å². The third-order valence-corrected chi connectivity index (χ3v) is 11.6. The molecule has 7 N–H and O–H groups in total. The molecule has 2 saturated heterocycles. The molecule has 0 saturated carbocycles. The fraction of sp³-hybridized carbons (Fsp3) is 0.765. The highest BCUT2D eigenvalue weighted by molar-refractivity contribution is 5.70. The predicted octanol–water partition coefficient (Wildman–Crippen LogP) is 6.49. The van der Waals surface area contributed by atoms with Gasteiger partial charge in [-0.15, -0.1) is 0 Å². The van der Waals surface area contributed by atoms with Gasteiger partial charge in [0.05, 0.1) is 19.8 Å². The third kappa shape index (κ3) is 26.1. The van der Waals surface area contributed by atoms with Gasteiger partial charge in [0.2, 0.25) is 0 Å². The van der Waals surface area contributed by atoms with Gasteiger partial charge in [-0.2, -0.15) is 0 Å². The summed E-state index contributed by atoms with van der Waals surface area (Å²) in [6.07, 6.45) is 25.4. The summed E-state index contributed by atoms with van der Waals surface area (Å²) in [5, 5.41) is 72.0. The fourth-order valence-electron chi connectivity index (χ4n) is 7.46. The normalized spacial score (nSPS) is 26.7. The van der Waals surface area contributed by atoms with Gasteiger partial charge in [0, 0.05) is 12.8 Å². The lowest BCUT2D eigenvalue weighted by Gasteiger charge is -2.42. The molecule has 5 unspecified atom stereocenters. The Kier molecular flexibility index (Phi) is 34.2. The maximum Gasteiger partial charge on any atom is 0.306 e. The second-order valence-electron chi connectivity index (χ2n) is 17.3. The zero-order chi connectivity index (χ0) is 48.2. The Labute approximate surface area is 394 Å². The Bertz CT molecular complexity index is 1380. The van der Waals surface area contributed by atoms with E-state index >= 15 is 0 Å². The molecule has 0 aromatic carbocycles. The number of rotatable bonds is 37. The molecule has 0 aromatic heterocycles. The Morgan fingerprint density at radius 3 is 1.56 bits per heavy atom. The number of carbonyl (C=O) groups is 2. The van der Waals surface area contributed by atoms with Gasteiger partial charge in [0.1, 0.15) is 55.4 Å². The van der Waals surface area contributed by atoms with E-state index in [2.05, 4.69) is 38.2 Å². The molecule has 2 rings (SSSR count). The Morgan fingerprint density at radius 2 is 0.970 bits per heavy atom. The number of aliphatic hydroxyl groups excluding tert-OH is 7. The SMILES string of the molecule is CC/C=C/C=C/C=C/C=C/CCCCCC(=O)OC(COC(=O)CCCCCCCCC/C=C/CCCCCCCC)CO[C@@H]1O[C@H](CO[C@@H]2O[C@H](CO)[C@H](O)C(O)C2O)[C@H](O)C(O)C1O. The minimum absolute atomic E-state index is 0.116. The second kappa shape index (κ2) is 38.1. The molecule has 0 bridgehead atoms. The molecule has 0 radical (unpaired) electrons. The van der Waals surface area contributed by atoms with Crippen molar-refractivity contribution in [3.05, 3.63) is 60.8 Å². The molecule has 15 nitrogen and oxygen atoms in total. The largest absolute Gasteiger partial charge is 0.462 e. The van der Waals surface area contributed by atoms with Gasteiger partial charge >= 0.3 is 11.9 Å². The third-order valence-electron chi connectivity index (χ3n) is 11.6. The summed E-state index contributed by atoms with van der Waals surface area (Å²) >= 11 is 0. The van der Waals surface area contributed by atoms with Crippen molar-refractivity contribution in [2.75, 3.05) is 26.4 Å². The van der Waals surface area contributed by atoms with Gasteiger partial charge in [0.15, 0.2) is 18.7 Å². The molecule has 380 valence electrons. The van der Waals surface area contributed by atoms with E-state index in [0.29, 0.717) is 12.8 Å². The van der Waals surface area contributed by atoms with E-state index in [-0.39, 0.29) is 19.4 Å². The van der Waals surface area contributed by atoms with Crippen molar-refractivity contribution in [3.8, 4) is 0 Å². The second-order valence-corrected chi connectivity index (χ2v) is 17.3. The maximum absolute atomic E-state index is 13.0. The predicted molar refractivity (Wildman–Crippen MR) is 252 cm³/mol. The quantitative estimate of drug-likeness (QED) is 0.0153. The van der Waals surface area contributed by atoms with Gasteiger partial charge in [-0.25, -0.2) is 0 Å². The van der Waals surface area contributed by atoms with Crippen molar-refractivity contribution in [2.45, 2.75) is 223 Å². The minimum atomic E-state index is -1.77. The minimum Gasteiger partial charge on any atom is -0.462 e. The van der Waals surface area contributed by atoms with Crippen LogP contribution < -0.4 is 0 Å². The Morgan fingerprint density at radius 1 is 0.500 bits per heavy atom. The molecule has 0 aliphatic carbocycles. The first-order chi connectivity index (χ1) is 32.0. The van der Waals surface area contributed by atoms with E-state index in [1.54, 1.807) is 0 Å². The molecule has 66 heavy (non-hydrogen) atoms. The van der Waals surface area contributed by atoms with Crippen molar-refractivity contribution in [3.63, 3.8) is 0 Å². The lowest BCUT2D eigenvalue weighted by molar-refractivity contribution is -0.332. The molecular formula is C51H86O15. The van der Waals surface area contributed by atoms with Gasteiger partial charge in [-0.3, -0.25) is 9.59 Å². The molecule has 15 heteroatoms. The van der Waals surface area contributed by atoms with Crippen LogP contribution in [0.5, 0.6) is 0 Å². The maximum atomic E-state index is 13.0. The molecular weight excluding hydrogens is 853 g/mol. The average Bonchev–Trinajstić information content (AvgIpc) is 3.31. The Balaban J connectivity index is 1.83. The van der Waals surface area contributed by atoms with Crippen LogP contribution >= 0.6 is 0 Å². The number of unbranched alkanes of at least 4 members (excludes halogenated alkanes) is 16. The molecule has 2 aliphatic heterocycles. The summed E-state index contributed by atoms with van der Waals surface area (Å²) in [5.41, 5.74) is 0. The number of carbonyl (C=O) groups excluding carboxylic acids is 2. The number of ether oxygens (including phenoxy) is 6. The molecule has 2 fully saturated rings. The summed E-state index contributed by atoms with van der Waals surface area (Å²) in [6, 6.07) is 0. The highest BCUT2D eigenvalue weighted by Gasteiger charge is 2.47. The first-order valence-electron chi connectivity index (χ1n) is 24.9. The Hall–Kier alpha value is -2.80. The number of hydrogen-bond donors (Lipinski definition) is 7. The first-order valence-corrected chi connectivity index (χ1v) is 24.9. The van der Waals surface area contributed by atoms with Gasteiger partial charge in [-0.1, -0.05) is 145 Å². The van der Waals surface area contributed by atoms with Gasteiger partial charge in [0.25, 0.3) is 0 Å². The fourth-order valence-corrected chi connectivity index (χ4v) is 7.46. The zero-order valence-corrected chi connectivity index (χ0v) is 39.9. The van der Waals surface area contributed by atoms with Crippen molar-refractivity contribution in [2.24, 2.45) is 0 Å². The monoisotopic (exact) mass is 939 g/mol. The van der Waals surface area contributed by atoms with Crippen LogP contribution in [0, 0.1) is 0 Å². The summed E-state index contributed by atoms with van der Waals surface area (Å²) in [4.78, 5) is 25.7. The number of allylic oxidation sites excluding steroid dienone is 10. The van der Waals surface area contributed by atoms with Crippen molar-refractivity contribution in [1.29, 1.82) is 0 Å². The number of aliphatic hydroxyl groups is 7. The van der Waals surface area contributed by atoms with E-state index in [9.17, 15) is 45.3 Å². The van der Waals surface area contributed by atoms with Crippen LogP contribution in [0.2, 0.25) is 0 Å². The molecule has 2 aliphatic rings. The van der Waals surface area contributed by atoms with E-state index in [0.717, 1.165) is 57.8 Å². The van der Waals surface area contributed by atoms with Crippen LogP contribution in [0.25, 0.3) is 0 Å². The summed E-state index contributed by atoms with van der Waals surface area (Å²) in [6.45, 7) is 2.38. The van der Waals surface area contributed by atoms with Crippen molar-refractivity contribution >= 4 is 11.9 Å². The summed E-state index contributed by atoms with van der Waals surface area (Å²) in [7, 11) is 0. The van der Waals surface area contributed by atoms with E-state index in [4.69, 9.17) is 28.4 Å². The number of hydrogen-bond acceptors (Lipinski definition) is 15. The van der Waals surface area contributed by atoms with Crippen LogP contribution in [0.1, 0.15) is 155 Å². The standard InChI is InChI=1S/C51H86O15/c1-3-5-7-9-11-13-15-17-18-19-20-22-23-25-27-29-31-33-42(53)61-36-39(64-43(54)34-32-30-28-26-24-21-16-14-12-10-8-6-4-2)37-62-50-49(60)47(58)45(56)41(66-50)38-63-51-48(59)46(57)44(55)40(35-52)65-51/h6,8,10,12,14,16-18,21,24,39-41,44-52,55-60H,3-5,7,9,11,13,15,19-20,22-23,25-38H2,1-2H3/b8-6+,12-10+,16-14+,18-17+,24-21+/t39?,40-,41-,44+,45+,46?,47?,48?,49?,50-,51-/m1/s1. The van der Waals surface area contributed by atoms with Crippen LogP contribution in [0.15, 0.2) is 60.8 Å². The lowest BCUT2D eigenvalue weighted by atomic mass is 9.98. The van der Waals surface area contributed by atoms with Gasteiger partial charge in [-0.05, 0) is 57.8 Å². The molecule has 0 spiro atoms. The summed E-state index contributed by atoms with van der Waals surface area (Å²) < 4.78 is 33.5. The molecule has 2 heterocycles. The first kappa shape index (κ1) is 59.3. The smallest absolute Gasteiger partial charge is 0.306 e. The molecule has 0 amide bonds. The zero-order valence-electron chi connectivity index (χ0n) is 39.9. The topological polar surface area (TPSA) is 231 Å². The highest BCUT2D eigenvalue weighted by atomic mass is 16.7. The van der Waals surface area contributed by atoms with E-state index in [1.807, 2.05) is 36.5 Å². The van der Waals surface area contributed by atoms with Gasteiger partial charge < -0.3 is 64.2 Å². The van der Waals surface area contributed by atoms with Crippen LogP contribution in [-0.2, 0) is 38.0 Å². The summed E-state index contributed by atoms with van der Waals surface area (Å²) in [5.74, 6) is -0.980. The molecule has 0 aromatic rings. The van der Waals surface area contributed by atoms with Crippen LogP contribution in [-0.4, -0.2) is 142 Å². The van der Waals surface area contributed by atoms with E-state index in [1.165, 1.54) is 57.8 Å². The van der Waals surface area contributed by atoms with Crippen molar-refractivity contribution in [1.82, 2.24) is 0 Å². The average molecular weight is 939 g/mol. The van der Waals surface area contributed by atoms with Crippen LogP contribution in [0.3, 0.4) is 0 Å². The highest BCUT2D eigenvalue weighted by Crippen LogP contribution is 2.26. The van der Waals surface area contributed by atoms with E-state index < -0.39 is 99.3 Å².